The predicted molar refractivity (Wildman–Crippen MR) is 113 cm³/mol. The van der Waals surface area contributed by atoms with E-state index in [1.165, 1.54) is 10.4 Å². The molecule has 0 spiro atoms. The lowest BCUT2D eigenvalue weighted by molar-refractivity contribution is 0.0939. The number of nitrogens with zero attached hydrogens (tertiary/aromatic N) is 1. The fourth-order valence-electron chi connectivity index (χ4n) is 3.65. The minimum absolute atomic E-state index is 0.206. The molecule has 1 aliphatic heterocycles. The van der Waals surface area contributed by atoms with E-state index in [0.717, 1.165) is 24.8 Å². The van der Waals surface area contributed by atoms with Crippen LogP contribution in [-0.2, 0) is 10.0 Å². The molecule has 1 N–H and O–H groups in total. The van der Waals surface area contributed by atoms with E-state index in [9.17, 15) is 13.2 Å². The first-order chi connectivity index (χ1) is 13.8. The van der Waals surface area contributed by atoms with Gasteiger partial charge in [-0.1, -0.05) is 30.7 Å². The molecule has 0 aliphatic carbocycles. The molecule has 2 aromatic rings. The van der Waals surface area contributed by atoms with Gasteiger partial charge in [-0.05, 0) is 50.5 Å². The number of piperidine rings is 1. The van der Waals surface area contributed by atoms with Crippen molar-refractivity contribution in [2.75, 3.05) is 20.2 Å². The summed E-state index contributed by atoms with van der Waals surface area (Å²) in [6.45, 7) is 4.69. The monoisotopic (exact) mass is 416 g/mol. The van der Waals surface area contributed by atoms with Gasteiger partial charge in [-0.15, -0.1) is 0 Å². The Balaban J connectivity index is 1.84. The lowest BCUT2D eigenvalue weighted by Gasteiger charge is -2.26. The van der Waals surface area contributed by atoms with E-state index in [2.05, 4.69) is 5.32 Å². The molecule has 6 nitrogen and oxygen atoms in total. The van der Waals surface area contributed by atoms with E-state index in [0.29, 0.717) is 30.0 Å². The first-order valence-corrected chi connectivity index (χ1v) is 11.3. The van der Waals surface area contributed by atoms with Crippen molar-refractivity contribution in [2.45, 2.75) is 44.0 Å². The maximum Gasteiger partial charge on any atom is 0.251 e. The van der Waals surface area contributed by atoms with Gasteiger partial charge in [0.2, 0.25) is 10.0 Å². The van der Waals surface area contributed by atoms with Crippen LogP contribution in [-0.4, -0.2) is 38.8 Å². The van der Waals surface area contributed by atoms with Crippen molar-refractivity contribution in [2.24, 2.45) is 0 Å². The highest BCUT2D eigenvalue weighted by Gasteiger charge is 2.28. The van der Waals surface area contributed by atoms with E-state index in [1.807, 2.05) is 31.2 Å². The van der Waals surface area contributed by atoms with Crippen LogP contribution in [0, 0.1) is 6.92 Å². The van der Waals surface area contributed by atoms with E-state index in [4.69, 9.17) is 4.74 Å². The minimum Gasteiger partial charge on any atom is -0.496 e. The van der Waals surface area contributed by atoms with E-state index in [-0.39, 0.29) is 16.8 Å². The number of nitrogens with one attached hydrogen (secondary N) is 1. The molecule has 0 radical (unpaired) electrons. The standard InChI is InChI=1S/C22H28N2O4S/c1-16-11-12-18(15-21(16)29(26,27)24-13-7-4-8-14-24)22(25)23-17(2)19-9-5-6-10-20(19)28-3/h5-6,9-12,15,17H,4,7-8,13-14H2,1-3H3,(H,23,25)/t17-/m1/s1. The van der Waals surface area contributed by atoms with Crippen molar-refractivity contribution in [3.05, 3.63) is 59.2 Å². The maximum absolute atomic E-state index is 13.1. The normalized spacial score (nSPS) is 16.2. The fraction of sp³-hybridized carbons (Fsp3) is 0.409. The van der Waals surface area contributed by atoms with Gasteiger partial charge in [0, 0.05) is 24.2 Å². The summed E-state index contributed by atoms with van der Waals surface area (Å²) in [6.07, 6.45) is 2.79. The van der Waals surface area contributed by atoms with Crippen LogP contribution in [0.15, 0.2) is 47.4 Å². The van der Waals surface area contributed by atoms with E-state index >= 15 is 0 Å². The predicted octanol–water partition coefficient (Wildman–Crippen LogP) is 3.67. The molecule has 1 saturated heterocycles. The van der Waals surface area contributed by atoms with Crippen LogP contribution in [0.5, 0.6) is 5.75 Å². The number of methoxy groups -OCH3 is 1. The lowest BCUT2D eigenvalue weighted by Crippen LogP contribution is -2.36. The number of carbonyl (C=O) groups is 1. The summed E-state index contributed by atoms with van der Waals surface area (Å²) < 4.78 is 33.1. The van der Waals surface area contributed by atoms with Crippen LogP contribution < -0.4 is 10.1 Å². The first kappa shape index (κ1) is 21.3. The summed E-state index contributed by atoms with van der Waals surface area (Å²) in [4.78, 5) is 13.0. The van der Waals surface area contributed by atoms with Crippen LogP contribution in [0.2, 0.25) is 0 Å². The molecule has 0 unspecified atom stereocenters. The van der Waals surface area contributed by atoms with Crippen LogP contribution in [0.25, 0.3) is 0 Å². The zero-order valence-electron chi connectivity index (χ0n) is 17.1. The number of aryl methyl sites for hydroxylation is 1. The molecule has 1 amide bonds. The lowest BCUT2D eigenvalue weighted by atomic mass is 10.1. The van der Waals surface area contributed by atoms with Crippen LogP contribution in [0.4, 0.5) is 0 Å². The molecule has 0 aromatic heterocycles. The second-order valence-electron chi connectivity index (χ2n) is 7.38. The molecule has 1 aliphatic rings. The summed E-state index contributed by atoms with van der Waals surface area (Å²) >= 11 is 0. The van der Waals surface area contributed by atoms with Gasteiger partial charge in [0.05, 0.1) is 18.0 Å². The molecule has 1 fully saturated rings. The largest absolute Gasteiger partial charge is 0.496 e. The zero-order chi connectivity index (χ0) is 21.0. The molecule has 0 saturated carbocycles. The summed E-state index contributed by atoms with van der Waals surface area (Å²) in [7, 11) is -2.02. The van der Waals surface area contributed by atoms with Crippen molar-refractivity contribution >= 4 is 15.9 Å². The number of sulfonamides is 1. The Hall–Kier alpha value is -2.38. The molecular weight excluding hydrogens is 388 g/mol. The highest BCUT2D eigenvalue weighted by molar-refractivity contribution is 7.89. The Bertz CT molecular complexity index is 982. The number of carbonyl (C=O) groups excluding carboxylic acids is 1. The minimum atomic E-state index is -3.61. The molecule has 29 heavy (non-hydrogen) atoms. The molecule has 2 aromatic carbocycles. The number of ether oxygens (including phenoxy) is 1. The number of benzene rings is 2. The quantitative estimate of drug-likeness (QED) is 0.780. The maximum atomic E-state index is 13.1. The highest BCUT2D eigenvalue weighted by atomic mass is 32.2. The number of rotatable bonds is 6. The molecule has 156 valence electrons. The molecule has 7 heteroatoms. The van der Waals surface area contributed by atoms with Crippen molar-refractivity contribution in [3.8, 4) is 5.75 Å². The molecular formula is C22H28N2O4S. The third-order valence-electron chi connectivity index (χ3n) is 5.34. The number of amides is 1. The van der Waals surface area contributed by atoms with Crippen molar-refractivity contribution in [3.63, 3.8) is 0 Å². The smallest absolute Gasteiger partial charge is 0.251 e. The Labute approximate surface area is 172 Å². The van der Waals surface area contributed by atoms with Gasteiger partial charge in [0.25, 0.3) is 5.91 Å². The van der Waals surface area contributed by atoms with Crippen molar-refractivity contribution in [1.82, 2.24) is 9.62 Å². The number of hydrogen-bond acceptors (Lipinski definition) is 4. The zero-order valence-corrected chi connectivity index (χ0v) is 18.0. The second-order valence-corrected chi connectivity index (χ2v) is 9.29. The van der Waals surface area contributed by atoms with E-state index < -0.39 is 10.0 Å². The van der Waals surface area contributed by atoms with Gasteiger partial charge in [0.1, 0.15) is 5.75 Å². The fourth-order valence-corrected chi connectivity index (χ4v) is 5.41. The average Bonchev–Trinajstić information content (AvgIpc) is 2.74. The summed E-state index contributed by atoms with van der Waals surface area (Å²) in [5.41, 5.74) is 1.83. The van der Waals surface area contributed by atoms with Crippen LogP contribution in [0.1, 0.15) is 53.7 Å². The van der Waals surface area contributed by atoms with Gasteiger partial charge in [-0.3, -0.25) is 4.79 Å². The third kappa shape index (κ3) is 4.62. The Morgan fingerprint density at radius 2 is 1.79 bits per heavy atom. The third-order valence-corrected chi connectivity index (χ3v) is 7.38. The highest BCUT2D eigenvalue weighted by Crippen LogP contribution is 2.26. The number of para-hydroxylation sites is 1. The second kappa shape index (κ2) is 8.97. The first-order valence-electron chi connectivity index (χ1n) is 9.89. The van der Waals surface area contributed by atoms with Gasteiger partial charge in [-0.2, -0.15) is 4.31 Å². The molecule has 1 heterocycles. The summed E-state index contributed by atoms with van der Waals surface area (Å²) in [5.74, 6) is 0.371. The molecule has 1 atom stereocenters. The summed E-state index contributed by atoms with van der Waals surface area (Å²) in [5, 5.41) is 2.94. The Kier molecular flexibility index (Phi) is 6.59. The average molecular weight is 417 g/mol. The van der Waals surface area contributed by atoms with Gasteiger partial charge in [-0.25, -0.2) is 8.42 Å². The molecule has 3 rings (SSSR count). The van der Waals surface area contributed by atoms with Crippen molar-refractivity contribution < 1.29 is 17.9 Å². The van der Waals surface area contributed by atoms with Crippen LogP contribution >= 0.6 is 0 Å². The molecule has 0 bridgehead atoms. The Morgan fingerprint density at radius 1 is 1.10 bits per heavy atom. The van der Waals surface area contributed by atoms with E-state index in [1.54, 1.807) is 26.2 Å². The van der Waals surface area contributed by atoms with Gasteiger partial charge < -0.3 is 10.1 Å². The Morgan fingerprint density at radius 3 is 2.48 bits per heavy atom. The van der Waals surface area contributed by atoms with Crippen molar-refractivity contribution in [1.29, 1.82) is 0 Å². The van der Waals surface area contributed by atoms with Gasteiger partial charge >= 0.3 is 0 Å². The topological polar surface area (TPSA) is 75.7 Å². The number of hydrogen-bond donors (Lipinski definition) is 1. The van der Waals surface area contributed by atoms with Gasteiger partial charge in [0.15, 0.2) is 0 Å². The van der Waals surface area contributed by atoms with Crippen LogP contribution in [0.3, 0.4) is 0 Å². The SMILES string of the molecule is COc1ccccc1[C@@H](C)NC(=O)c1ccc(C)c(S(=O)(=O)N2CCCCC2)c1. The summed E-state index contributed by atoms with van der Waals surface area (Å²) in [6, 6.07) is 12.0.